The monoisotopic (exact) mass is 440 g/mol. The molecule has 0 aliphatic heterocycles. The van der Waals surface area contributed by atoms with Crippen LogP contribution >= 0.6 is 11.6 Å². The molecule has 0 heterocycles. The maximum Gasteiger partial charge on any atom is 0.269 e. The smallest absolute Gasteiger partial charge is 0.269 e. The normalized spacial score (nSPS) is 10.2. The molecule has 0 spiro atoms. The molecule has 31 heavy (non-hydrogen) atoms. The van der Waals surface area contributed by atoms with Crippen LogP contribution in [0.25, 0.3) is 0 Å². The van der Waals surface area contributed by atoms with Gasteiger partial charge in [0, 0.05) is 22.2 Å². The van der Waals surface area contributed by atoms with Crippen LogP contribution in [-0.2, 0) is 6.61 Å². The Bertz CT molecular complexity index is 1030. The van der Waals surface area contributed by atoms with Crippen LogP contribution in [0.5, 0.6) is 17.2 Å². The van der Waals surface area contributed by atoms with Crippen molar-refractivity contribution in [2.75, 3.05) is 14.2 Å². The van der Waals surface area contributed by atoms with Gasteiger partial charge in [0.2, 0.25) is 0 Å². The van der Waals surface area contributed by atoms with Gasteiger partial charge in [0.25, 0.3) is 11.8 Å². The Morgan fingerprint density at radius 1 is 0.742 bits per heavy atom. The number of carbonyl (C=O) groups excluding carboxylic acids is 2. The standard InChI is InChI=1S/C23H21ClN2O5/c1-29-20-11-17(12-21(13-20)30-2)23(28)26-25-22(27)16-5-3-15(4-6-16)14-31-19-9-7-18(24)8-10-19/h3-13H,14H2,1-2H3,(H,25,27)(H,26,28). The quantitative estimate of drug-likeness (QED) is 0.542. The second kappa shape index (κ2) is 10.4. The molecular formula is C23H21ClN2O5. The summed E-state index contributed by atoms with van der Waals surface area (Å²) in [5.74, 6) is 0.675. The maximum atomic E-state index is 12.4. The van der Waals surface area contributed by atoms with Gasteiger partial charge in [-0.2, -0.15) is 0 Å². The summed E-state index contributed by atoms with van der Waals surface area (Å²) in [6.45, 7) is 0.345. The number of hydrogen-bond donors (Lipinski definition) is 2. The Hall–Kier alpha value is -3.71. The highest BCUT2D eigenvalue weighted by atomic mass is 35.5. The molecule has 2 N–H and O–H groups in total. The fraction of sp³-hybridized carbons (Fsp3) is 0.130. The second-order valence-electron chi connectivity index (χ2n) is 6.45. The van der Waals surface area contributed by atoms with Gasteiger partial charge in [-0.3, -0.25) is 20.4 Å². The number of halogens is 1. The van der Waals surface area contributed by atoms with Gasteiger partial charge in [-0.05, 0) is 54.1 Å². The average molecular weight is 441 g/mol. The fourth-order valence-electron chi connectivity index (χ4n) is 2.65. The summed E-state index contributed by atoms with van der Waals surface area (Å²) >= 11 is 5.85. The number of ether oxygens (including phenoxy) is 3. The predicted octanol–water partition coefficient (Wildman–Crippen LogP) is 4.01. The number of hydrogen-bond acceptors (Lipinski definition) is 5. The van der Waals surface area contributed by atoms with Crippen molar-refractivity contribution >= 4 is 23.4 Å². The van der Waals surface area contributed by atoms with Gasteiger partial charge in [0.1, 0.15) is 23.9 Å². The summed E-state index contributed by atoms with van der Waals surface area (Å²) in [6, 6.07) is 18.6. The van der Waals surface area contributed by atoms with E-state index in [-0.39, 0.29) is 5.56 Å². The van der Waals surface area contributed by atoms with Crippen molar-refractivity contribution < 1.29 is 23.8 Å². The first-order valence-electron chi connectivity index (χ1n) is 9.29. The molecule has 0 saturated carbocycles. The van der Waals surface area contributed by atoms with Gasteiger partial charge in [-0.15, -0.1) is 0 Å². The van der Waals surface area contributed by atoms with Crippen molar-refractivity contribution in [3.8, 4) is 17.2 Å². The lowest BCUT2D eigenvalue weighted by molar-refractivity contribution is 0.0846. The van der Waals surface area contributed by atoms with Crippen LogP contribution in [0.1, 0.15) is 26.3 Å². The molecule has 3 rings (SSSR count). The summed E-state index contributed by atoms with van der Waals surface area (Å²) < 4.78 is 16.0. The van der Waals surface area contributed by atoms with Gasteiger partial charge in [-0.1, -0.05) is 23.7 Å². The molecule has 0 unspecified atom stereocenters. The van der Waals surface area contributed by atoms with Gasteiger partial charge in [0.15, 0.2) is 0 Å². The van der Waals surface area contributed by atoms with E-state index in [1.165, 1.54) is 14.2 Å². The number of benzene rings is 3. The minimum Gasteiger partial charge on any atom is -0.497 e. The van der Waals surface area contributed by atoms with Gasteiger partial charge >= 0.3 is 0 Å². The molecule has 0 fully saturated rings. The van der Waals surface area contributed by atoms with E-state index in [4.69, 9.17) is 25.8 Å². The molecule has 3 aromatic carbocycles. The summed E-state index contributed by atoms with van der Waals surface area (Å²) in [5.41, 5.74) is 6.33. The van der Waals surface area contributed by atoms with E-state index in [9.17, 15) is 9.59 Å². The van der Waals surface area contributed by atoms with Crippen LogP contribution in [0.3, 0.4) is 0 Å². The minimum absolute atomic E-state index is 0.284. The zero-order chi connectivity index (χ0) is 22.2. The Morgan fingerprint density at radius 3 is 1.84 bits per heavy atom. The molecule has 8 heteroatoms. The lowest BCUT2D eigenvalue weighted by Crippen LogP contribution is -2.41. The molecule has 0 radical (unpaired) electrons. The van der Waals surface area contributed by atoms with Crippen molar-refractivity contribution in [1.29, 1.82) is 0 Å². The van der Waals surface area contributed by atoms with Gasteiger partial charge < -0.3 is 14.2 Å². The first kappa shape index (κ1) is 22.0. The van der Waals surface area contributed by atoms with Crippen molar-refractivity contribution in [2.24, 2.45) is 0 Å². The molecule has 0 bridgehead atoms. The van der Waals surface area contributed by atoms with Gasteiger partial charge in [0.05, 0.1) is 14.2 Å². The molecule has 0 aliphatic carbocycles. The third kappa shape index (κ3) is 6.13. The van der Waals surface area contributed by atoms with Crippen LogP contribution in [0.4, 0.5) is 0 Å². The molecule has 2 amide bonds. The summed E-state index contributed by atoms with van der Waals surface area (Å²) in [4.78, 5) is 24.7. The van der Waals surface area contributed by atoms with Crippen LogP contribution < -0.4 is 25.1 Å². The Kier molecular flexibility index (Phi) is 7.35. The summed E-state index contributed by atoms with van der Waals surface area (Å²) in [7, 11) is 2.98. The predicted molar refractivity (Wildman–Crippen MR) is 117 cm³/mol. The number of rotatable bonds is 7. The summed E-state index contributed by atoms with van der Waals surface area (Å²) in [5, 5.41) is 0.639. The number of amides is 2. The minimum atomic E-state index is -0.501. The molecule has 0 aromatic heterocycles. The summed E-state index contributed by atoms with van der Waals surface area (Å²) in [6.07, 6.45) is 0. The van der Waals surface area contributed by atoms with E-state index >= 15 is 0 Å². The third-order valence-corrected chi connectivity index (χ3v) is 4.59. The highest BCUT2D eigenvalue weighted by molar-refractivity contribution is 6.30. The largest absolute Gasteiger partial charge is 0.497 e. The Labute approximate surface area is 184 Å². The van der Waals surface area contributed by atoms with Crippen molar-refractivity contribution in [1.82, 2.24) is 10.9 Å². The maximum absolute atomic E-state index is 12.4. The van der Waals surface area contributed by atoms with Crippen molar-refractivity contribution in [3.63, 3.8) is 0 Å². The highest BCUT2D eigenvalue weighted by Crippen LogP contribution is 2.22. The number of nitrogens with one attached hydrogen (secondary N) is 2. The van der Waals surface area contributed by atoms with E-state index in [2.05, 4.69) is 10.9 Å². The Balaban J connectivity index is 1.54. The van der Waals surface area contributed by atoms with E-state index < -0.39 is 11.8 Å². The number of carbonyl (C=O) groups is 2. The van der Waals surface area contributed by atoms with E-state index in [1.807, 2.05) is 0 Å². The molecule has 0 aliphatic rings. The highest BCUT2D eigenvalue weighted by Gasteiger charge is 2.12. The lowest BCUT2D eigenvalue weighted by atomic mass is 10.1. The number of methoxy groups -OCH3 is 2. The molecule has 7 nitrogen and oxygen atoms in total. The average Bonchev–Trinajstić information content (AvgIpc) is 2.81. The molecular weight excluding hydrogens is 420 g/mol. The van der Waals surface area contributed by atoms with Crippen molar-refractivity contribution in [3.05, 3.63) is 88.4 Å². The first-order valence-corrected chi connectivity index (χ1v) is 9.67. The lowest BCUT2D eigenvalue weighted by Gasteiger charge is -2.11. The fourth-order valence-corrected chi connectivity index (χ4v) is 2.77. The zero-order valence-corrected chi connectivity index (χ0v) is 17.7. The number of hydrazine groups is 1. The van der Waals surface area contributed by atoms with Crippen molar-refractivity contribution in [2.45, 2.75) is 6.61 Å². The van der Waals surface area contributed by atoms with E-state index in [1.54, 1.807) is 66.7 Å². The SMILES string of the molecule is COc1cc(OC)cc(C(=O)NNC(=O)c2ccc(COc3ccc(Cl)cc3)cc2)c1. The Morgan fingerprint density at radius 2 is 1.29 bits per heavy atom. The van der Waals surface area contributed by atoms with Crippen LogP contribution in [-0.4, -0.2) is 26.0 Å². The molecule has 0 atom stereocenters. The molecule has 0 saturated heterocycles. The topological polar surface area (TPSA) is 85.9 Å². The van der Waals surface area contributed by atoms with E-state index in [0.717, 1.165) is 5.56 Å². The first-order chi connectivity index (χ1) is 15.0. The molecule has 3 aromatic rings. The van der Waals surface area contributed by atoms with Crippen LogP contribution in [0.15, 0.2) is 66.7 Å². The third-order valence-electron chi connectivity index (χ3n) is 4.34. The van der Waals surface area contributed by atoms with Crippen LogP contribution in [0.2, 0.25) is 5.02 Å². The van der Waals surface area contributed by atoms with Crippen LogP contribution in [0, 0.1) is 0 Å². The van der Waals surface area contributed by atoms with Gasteiger partial charge in [-0.25, -0.2) is 0 Å². The van der Waals surface area contributed by atoms with E-state index in [0.29, 0.717) is 34.4 Å². The second-order valence-corrected chi connectivity index (χ2v) is 6.89. The zero-order valence-electron chi connectivity index (χ0n) is 17.0. The molecule has 160 valence electrons.